The lowest BCUT2D eigenvalue weighted by Gasteiger charge is -2.17. The average Bonchev–Trinajstić information content (AvgIpc) is 3.51. The van der Waals surface area contributed by atoms with Gasteiger partial charge in [-0.15, -0.1) is 0 Å². The molecule has 1 fully saturated rings. The van der Waals surface area contributed by atoms with Crippen LogP contribution in [0.5, 0.6) is 0 Å². The molecule has 1 heterocycles. The number of ether oxygens (including phenoxy) is 1. The second-order valence-electron chi connectivity index (χ2n) is 7.94. The fraction of sp³-hybridized carbons (Fsp3) is 0.476. The van der Waals surface area contributed by atoms with Crippen LogP contribution in [-0.2, 0) is 20.9 Å². The lowest BCUT2D eigenvalue weighted by Crippen LogP contribution is -2.40. The van der Waals surface area contributed by atoms with Gasteiger partial charge in [-0.25, -0.2) is 9.48 Å². The summed E-state index contributed by atoms with van der Waals surface area (Å²) in [6.45, 7) is 3.60. The first-order valence-electron chi connectivity index (χ1n) is 9.96. The molecule has 0 saturated heterocycles. The van der Waals surface area contributed by atoms with Gasteiger partial charge >= 0.3 is 5.97 Å². The number of carbonyl (C=O) groups is 3. The molecule has 0 aliphatic heterocycles. The first kappa shape index (κ1) is 21.5. The van der Waals surface area contributed by atoms with Crippen LogP contribution in [0.4, 0.5) is 0 Å². The topological polar surface area (TPSA) is 111 Å². The van der Waals surface area contributed by atoms with Crippen LogP contribution in [0.25, 0.3) is 10.8 Å². The molecule has 0 bridgehead atoms. The summed E-state index contributed by atoms with van der Waals surface area (Å²) in [5.41, 5.74) is -0.305. The first-order chi connectivity index (χ1) is 14.3. The minimum atomic E-state index is -0.798. The number of rotatable bonds is 8. The predicted molar refractivity (Wildman–Crippen MR) is 110 cm³/mol. The number of fused-ring (bicyclic) bond motifs is 1. The van der Waals surface area contributed by atoms with Gasteiger partial charge in [0, 0.05) is 25.0 Å². The molecule has 0 atom stereocenters. The van der Waals surface area contributed by atoms with Crippen LogP contribution in [0.2, 0.25) is 0 Å². The second-order valence-corrected chi connectivity index (χ2v) is 7.94. The Morgan fingerprint density at radius 1 is 1.23 bits per heavy atom. The van der Waals surface area contributed by atoms with Crippen molar-refractivity contribution in [1.82, 2.24) is 20.0 Å². The molecule has 0 unspecified atom stereocenters. The summed E-state index contributed by atoms with van der Waals surface area (Å²) in [6.07, 6.45) is 1.92. The zero-order valence-electron chi connectivity index (χ0n) is 17.4. The van der Waals surface area contributed by atoms with Crippen LogP contribution in [0.3, 0.4) is 0 Å². The van der Waals surface area contributed by atoms with Crippen molar-refractivity contribution in [2.45, 2.75) is 39.3 Å². The van der Waals surface area contributed by atoms with E-state index in [2.05, 4.69) is 10.4 Å². The number of likely N-dealkylation sites (N-methyl/N-ethyl adjacent to an activating group) is 1. The SMILES string of the molecule is CC(C)Cn1nc(C(=O)OCC(=O)N(C)CC(=O)NC2CC2)c2ccccc2c1=O. The highest BCUT2D eigenvalue weighted by molar-refractivity contribution is 6.02. The molecule has 1 aliphatic rings. The number of hydrogen-bond donors (Lipinski definition) is 1. The molecular formula is C21H26N4O5. The van der Waals surface area contributed by atoms with Gasteiger partial charge in [0.05, 0.1) is 11.9 Å². The molecule has 2 aromatic rings. The van der Waals surface area contributed by atoms with E-state index in [1.807, 2.05) is 13.8 Å². The van der Waals surface area contributed by atoms with Gasteiger partial charge in [0.15, 0.2) is 12.3 Å². The van der Waals surface area contributed by atoms with Gasteiger partial charge in [0.1, 0.15) is 0 Å². The Hall–Kier alpha value is -3.23. The van der Waals surface area contributed by atoms with E-state index >= 15 is 0 Å². The van der Waals surface area contributed by atoms with Crippen LogP contribution >= 0.6 is 0 Å². The third-order valence-electron chi connectivity index (χ3n) is 4.67. The number of carbonyl (C=O) groups excluding carboxylic acids is 3. The smallest absolute Gasteiger partial charge is 0.359 e. The van der Waals surface area contributed by atoms with E-state index in [4.69, 9.17) is 4.74 Å². The van der Waals surface area contributed by atoms with Crippen molar-refractivity contribution in [3.05, 3.63) is 40.3 Å². The molecule has 0 spiro atoms. The van der Waals surface area contributed by atoms with E-state index in [0.29, 0.717) is 17.3 Å². The van der Waals surface area contributed by atoms with Crippen molar-refractivity contribution in [3.63, 3.8) is 0 Å². The molecule has 1 N–H and O–H groups in total. The number of nitrogens with one attached hydrogen (secondary N) is 1. The van der Waals surface area contributed by atoms with Crippen LogP contribution in [0.1, 0.15) is 37.2 Å². The highest BCUT2D eigenvalue weighted by atomic mass is 16.5. The highest BCUT2D eigenvalue weighted by Gasteiger charge is 2.25. The quantitative estimate of drug-likeness (QED) is 0.644. The summed E-state index contributed by atoms with van der Waals surface area (Å²) in [5, 5.41) is 7.72. The van der Waals surface area contributed by atoms with E-state index in [1.165, 1.54) is 16.6 Å². The number of aromatic nitrogens is 2. The fourth-order valence-corrected chi connectivity index (χ4v) is 2.97. The van der Waals surface area contributed by atoms with Crippen LogP contribution < -0.4 is 10.9 Å². The molecule has 1 aromatic heterocycles. The molecule has 2 amide bonds. The van der Waals surface area contributed by atoms with E-state index in [9.17, 15) is 19.2 Å². The molecule has 0 radical (unpaired) electrons. The molecule has 9 nitrogen and oxygen atoms in total. The fourth-order valence-electron chi connectivity index (χ4n) is 2.97. The standard InChI is InChI=1S/C21H26N4O5/c1-13(2)10-25-20(28)16-7-5-4-6-15(16)19(23-25)21(29)30-12-18(27)24(3)11-17(26)22-14-8-9-14/h4-7,13-14H,8-12H2,1-3H3,(H,22,26). The van der Waals surface area contributed by atoms with Crippen molar-refractivity contribution in [2.75, 3.05) is 20.2 Å². The maximum Gasteiger partial charge on any atom is 0.359 e. The summed E-state index contributed by atoms with van der Waals surface area (Å²) in [5.74, 6) is -1.40. The van der Waals surface area contributed by atoms with Crippen molar-refractivity contribution >= 4 is 28.6 Å². The Morgan fingerprint density at radius 3 is 2.53 bits per heavy atom. The molecule has 3 rings (SSSR count). The maximum absolute atomic E-state index is 12.7. The zero-order chi connectivity index (χ0) is 21.8. The first-order valence-corrected chi connectivity index (χ1v) is 9.96. The molecule has 9 heteroatoms. The van der Waals surface area contributed by atoms with Crippen LogP contribution in [0.15, 0.2) is 29.1 Å². The van der Waals surface area contributed by atoms with Crippen molar-refractivity contribution < 1.29 is 19.1 Å². The normalized spacial score (nSPS) is 13.3. The lowest BCUT2D eigenvalue weighted by molar-refractivity contribution is -0.137. The Bertz CT molecular complexity index is 1030. The highest BCUT2D eigenvalue weighted by Crippen LogP contribution is 2.18. The monoisotopic (exact) mass is 414 g/mol. The van der Waals surface area contributed by atoms with Crippen LogP contribution in [-0.4, -0.2) is 58.7 Å². The van der Waals surface area contributed by atoms with Crippen molar-refractivity contribution in [2.24, 2.45) is 5.92 Å². The lowest BCUT2D eigenvalue weighted by atomic mass is 10.1. The van der Waals surface area contributed by atoms with Crippen LogP contribution in [0, 0.1) is 5.92 Å². The minimum absolute atomic E-state index is 0.0206. The number of hydrogen-bond acceptors (Lipinski definition) is 6. The third kappa shape index (κ3) is 5.22. The largest absolute Gasteiger partial charge is 0.451 e. The molecule has 1 saturated carbocycles. The molecule has 1 aliphatic carbocycles. The average molecular weight is 414 g/mol. The number of amides is 2. The van der Waals surface area contributed by atoms with E-state index in [0.717, 1.165) is 12.8 Å². The molecule has 1 aromatic carbocycles. The Labute approximate surface area is 174 Å². The summed E-state index contributed by atoms with van der Waals surface area (Å²) < 4.78 is 6.40. The Balaban J connectivity index is 1.71. The van der Waals surface area contributed by atoms with Gasteiger partial charge in [-0.3, -0.25) is 14.4 Å². The van der Waals surface area contributed by atoms with Gasteiger partial charge < -0.3 is 15.0 Å². The molecular weight excluding hydrogens is 388 g/mol. The maximum atomic E-state index is 12.7. The van der Waals surface area contributed by atoms with Gasteiger partial charge in [-0.2, -0.15) is 5.10 Å². The summed E-state index contributed by atoms with van der Waals surface area (Å²) >= 11 is 0. The van der Waals surface area contributed by atoms with E-state index in [1.54, 1.807) is 24.3 Å². The zero-order valence-corrected chi connectivity index (χ0v) is 17.4. The summed E-state index contributed by atoms with van der Waals surface area (Å²) in [6, 6.07) is 6.87. The van der Waals surface area contributed by atoms with E-state index in [-0.39, 0.29) is 35.7 Å². The van der Waals surface area contributed by atoms with Crippen molar-refractivity contribution in [1.29, 1.82) is 0 Å². The van der Waals surface area contributed by atoms with E-state index < -0.39 is 18.5 Å². The van der Waals surface area contributed by atoms with Gasteiger partial charge in [0.2, 0.25) is 5.91 Å². The Kier molecular flexibility index (Phi) is 6.49. The predicted octanol–water partition coefficient (Wildman–Crippen LogP) is 0.946. The van der Waals surface area contributed by atoms with Gasteiger partial charge in [0.25, 0.3) is 11.5 Å². The van der Waals surface area contributed by atoms with Crippen molar-refractivity contribution in [3.8, 4) is 0 Å². The summed E-state index contributed by atoms with van der Waals surface area (Å²) in [4.78, 5) is 50.5. The third-order valence-corrected chi connectivity index (χ3v) is 4.67. The number of nitrogens with zero attached hydrogens (tertiary/aromatic N) is 3. The van der Waals surface area contributed by atoms with Gasteiger partial charge in [-0.1, -0.05) is 32.0 Å². The molecule has 160 valence electrons. The summed E-state index contributed by atoms with van der Waals surface area (Å²) in [7, 11) is 1.47. The van der Waals surface area contributed by atoms with Gasteiger partial charge in [-0.05, 0) is 24.8 Å². The molecule has 30 heavy (non-hydrogen) atoms. The number of esters is 1. The number of benzene rings is 1. The Morgan fingerprint density at radius 2 is 1.90 bits per heavy atom. The second kappa shape index (κ2) is 9.06. The minimum Gasteiger partial charge on any atom is -0.451 e.